The van der Waals surface area contributed by atoms with Crippen molar-refractivity contribution < 1.29 is 13.8 Å². The van der Waals surface area contributed by atoms with Crippen molar-refractivity contribution in [3.63, 3.8) is 0 Å². The molecule has 1 saturated heterocycles. The maximum absolute atomic E-state index is 13.3. The predicted octanol–water partition coefficient (Wildman–Crippen LogP) is 3.60. The maximum Gasteiger partial charge on any atom is 0.259 e. The van der Waals surface area contributed by atoms with Gasteiger partial charge in [0.1, 0.15) is 22.8 Å². The molecule has 7 nitrogen and oxygen atoms in total. The summed E-state index contributed by atoms with van der Waals surface area (Å²) < 4.78 is 10.7. The minimum absolute atomic E-state index is 0.0122. The van der Waals surface area contributed by atoms with Crippen molar-refractivity contribution in [3.8, 4) is 11.3 Å². The van der Waals surface area contributed by atoms with Gasteiger partial charge in [-0.3, -0.25) is 9.69 Å². The summed E-state index contributed by atoms with van der Waals surface area (Å²) in [6, 6.07) is 9.71. The van der Waals surface area contributed by atoms with Crippen LogP contribution in [-0.2, 0) is 6.54 Å². The molecule has 7 heteroatoms. The van der Waals surface area contributed by atoms with Gasteiger partial charge < -0.3 is 13.9 Å². The Kier molecular flexibility index (Phi) is 5.49. The lowest BCUT2D eigenvalue weighted by Crippen LogP contribution is -2.35. The molecule has 0 radical (unpaired) electrons. The molecular formula is C22H26N4O3. The van der Waals surface area contributed by atoms with Crippen molar-refractivity contribution in [2.45, 2.75) is 33.7 Å². The second-order valence-corrected chi connectivity index (χ2v) is 7.55. The number of aryl methyl sites for hydroxylation is 3. The van der Waals surface area contributed by atoms with Gasteiger partial charge in [0.2, 0.25) is 0 Å². The number of hydrogen-bond donors (Lipinski definition) is 0. The van der Waals surface area contributed by atoms with Crippen LogP contribution in [-0.4, -0.2) is 52.2 Å². The van der Waals surface area contributed by atoms with Crippen molar-refractivity contribution in [2.75, 3.05) is 26.2 Å². The molecule has 152 valence electrons. The van der Waals surface area contributed by atoms with E-state index in [1.165, 1.54) is 0 Å². The van der Waals surface area contributed by atoms with Gasteiger partial charge >= 0.3 is 0 Å². The van der Waals surface area contributed by atoms with Crippen LogP contribution in [0, 0.1) is 20.8 Å². The fourth-order valence-electron chi connectivity index (χ4n) is 3.86. The second kappa shape index (κ2) is 8.21. The number of aromatic nitrogens is 2. The third kappa shape index (κ3) is 3.96. The highest BCUT2D eigenvalue weighted by Crippen LogP contribution is 2.27. The van der Waals surface area contributed by atoms with Crippen LogP contribution in [0.1, 0.15) is 39.6 Å². The van der Waals surface area contributed by atoms with Crippen molar-refractivity contribution >= 4 is 5.91 Å². The van der Waals surface area contributed by atoms with Crippen LogP contribution in [0.3, 0.4) is 0 Å². The summed E-state index contributed by atoms with van der Waals surface area (Å²) in [5.74, 6) is 1.42. The SMILES string of the molecule is Cc1noc(C)c1CN1CCCN(C(=O)c2c(-c3ccccc3)noc2C)CC1. The molecule has 0 atom stereocenters. The van der Waals surface area contributed by atoms with Crippen molar-refractivity contribution in [3.05, 3.63) is 58.7 Å². The lowest BCUT2D eigenvalue weighted by molar-refractivity contribution is 0.0760. The van der Waals surface area contributed by atoms with Gasteiger partial charge in [-0.2, -0.15) is 0 Å². The Morgan fingerprint density at radius 3 is 2.45 bits per heavy atom. The maximum atomic E-state index is 13.3. The zero-order chi connectivity index (χ0) is 20.4. The molecule has 1 aromatic carbocycles. The molecule has 2 aromatic heterocycles. The molecule has 0 saturated carbocycles. The van der Waals surface area contributed by atoms with E-state index in [0.29, 0.717) is 23.6 Å². The normalized spacial score (nSPS) is 15.5. The van der Waals surface area contributed by atoms with E-state index in [0.717, 1.165) is 55.2 Å². The smallest absolute Gasteiger partial charge is 0.259 e. The lowest BCUT2D eigenvalue weighted by atomic mass is 10.1. The van der Waals surface area contributed by atoms with Crippen LogP contribution < -0.4 is 0 Å². The summed E-state index contributed by atoms with van der Waals surface area (Å²) in [5.41, 5.74) is 4.15. The molecule has 3 heterocycles. The zero-order valence-corrected chi connectivity index (χ0v) is 17.1. The van der Waals surface area contributed by atoms with Crippen LogP contribution >= 0.6 is 0 Å². The summed E-state index contributed by atoms with van der Waals surface area (Å²) in [6.07, 6.45) is 0.917. The van der Waals surface area contributed by atoms with Crippen LogP contribution in [0.15, 0.2) is 39.4 Å². The molecule has 1 aliphatic heterocycles. The Morgan fingerprint density at radius 1 is 0.966 bits per heavy atom. The molecule has 29 heavy (non-hydrogen) atoms. The van der Waals surface area contributed by atoms with Crippen LogP contribution in [0.25, 0.3) is 11.3 Å². The van der Waals surface area contributed by atoms with E-state index in [-0.39, 0.29) is 5.91 Å². The Balaban J connectivity index is 1.49. The van der Waals surface area contributed by atoms with Crippen molar-refractivity contribution in [1.82, 2.24) is 20.1 Å². The van der Waals surface area contributed by atoms with Gasteiger partial charge in [0.05, 0.1) is 5.69 Å². The average molecular weight is 394 g/mol. The van der Waals surface area contributed by atoms with Gasteiger partial charge in [-0.25, -0.2) is 0 Å². The lowest BCUT2D eigenvalue weighted by Gasteiger charge is -2.22. The topological polar surface area (TPSA) is 75.6 Å². The number of amides is 1. The van der Waals surface area contributed by atoms with E-state index in [1.54, 1.807) is 6.92 Å². The molecule has 0 unspecified atom stereocenters. The summed E-state index contributed by atoms with van der Waals surface area (Å²) in [7, 11) is 0. The Morgan fingerprint density at radius 2 is 1.72 bits per heavy atom. The van der Waals surface area contributed by atoms with Crippen molar-refractivity contribution in [2.24, 2.45) is 0 Å². The molecule has 1 fully saturated rings. The first-order valence-electron chi connectivity index (χ1n) is 9.99. The Hall–Kier alpha value is -2.93. The minimum Gasteiger partial charge on any atom is -0.361 e. The number of benzene rings is 1. The van der Waals surface area contributed by atoms with Crippen LogP contribution in [0.4, 0.5) is 0 Å². The van der Waals surface area contributed by atoms with Gasteiger partial charge in [-0.15, -0.1) is 0 Å². The summed E-state index contributed by atoms with van der Waals surface area (Å²) in [6.45, 7) is 9.64. The molecule has 0 bridgehead atoms. The van der Waals surface area contributed by atoms with Gasteiger partial charge in [0, 0.05) is 43.9 Å². The summed E-state index contributed by atoms with van der Waals surface area (Å²) >= 11 is 0. The third-order valence-corrected chi connectivity index (χ3v) is 5.56. The second-order valence-electron chi connectivity index (χ2n) is 7.55. The van der Waals surface area contributed by atoms with Crippen LogP contribution in [0.5, 0.6) is 0 Å². The predicted molar refractivity (Wildman–Crippen MR) is 108 cm³/mol. The molecule has 4 rings (SSSR count). The first kappa shape index (κ1) is 19.4. The largest absolute Gasteiger partial charge is 0.361 e. The summed E-state index contributed by atoms with van der Waals surface area (Å²) in [4.78, 5) is 17.6. The third-order valence-electron chi connectivity index (χ3n) is 5.56. The number of rotatable bonds is 4. The average Bonchev–Trinajstić information content (AvgIpc) is 3.16. The van der Waals surface area contributed by atoms with Gasteiger partial charge in [0.25, 0.3) is 5.91 Å². The number of nitrogens with zero attached hydrogens (tertiary/aromatic N) is 4. The number of carbonyl (C=O) groups is 1. The van der Waals surface area contributed by atoms with Crippen LogP contribution in [0.2, 0.25) is 0 Å². The molecule has 1 aliphatic rings. The number of carbonyl (C=O) groups excluding carboxylic acids is 1. The van der Waals surface area contributed by atoms with E-state index in [9.17, 15) is 4.79 Å². The van der Waals surface area contributed by atoms with Gasteiger partial charge in [0.15, 0.2) is 0 Å². The van der Waals surface area contributed by atoms with E-state index in [1.807, 2.05) is 49.1 Å². The first-order valence-corrected chi connectivity index (χ1v) is 9.99. The first-order chi connectivity index (χ1) is 14.0. The monoisotopic (exact) mass is 394 g/mol. The standard InChI is InChI=1S/C22H26N4O3/c1-15-19(16(2)28-23-15)14-25-10-7-11-26(13-12-25)22(27)20-17(3)29-24-21(20)18-8-5-4-6-9-18/h4-6,8-9H,7,10-14H2,1-3H3. The highest BCUT2D eigenvalue weighted by atomic mass is 16.5. The van der Waals surface area contributed by atoms with E-state index in [2.05, 4.69) is 15.2 Å². The van der Waals surface area contributed by atoms with Crippen molar-refractivity contribution in [1.29, 1.82) is 0 Å². The van der Waals surface area contributed by atoms with E-state index < -0.39 is 0 Å². The molecular weight excluding hydrogens is 368 g/mol. The molecule has 1 amide bonds. The van der Waals surface area contributed by atoms with Gasteiger partial charge in [-0.1, -0.05) is 40.6 Å². The highest BCUT2D eigenvalue weighted by Gasteiger charge is 2.28. The quantitative estimate of drug-likeness (QED) is 0.673. The fourth-order valence-corrected chi connectivity index (χ4v) is 3.86. The Labute approximate surface area is 170 Å². The molecule has 0 N–H and O–H groups in total. The van der Waals surface area contributed by atoms with Gasteiger partial charge in [-0.05, 0) is 27.2 Å². The fraction of sp³-hybridized carbons (Fsp3) is 0.409. The Bertz CT molecular complexity index is 973. The zero-order valence-electron chi connectivity index (χ0n) is 17.1. The number of hydrogen-bond acceptors (Lipinski definition) is 6. The van der Waals surface area contributed by atoms with E-state index >= 15 is 0 Å². The molecule has 0 spiro atoms. The van der Waals surface area contributed by atoms with E-state index in [4.69, 9.17) is 9.05 Å². The summed E-state index contributed by atoms with van der Waals surface area (Å²) in [5, 5.41) is 8.21. The minimum atomic E-state index is -0.0122. The highest BCUT2D eigenvalue weighted by molar-refractivity contribution is 6.00. The molecule has 3 aromatic rings. The molecule has 0 aliphatic carbocycles.